The van der Waals surface area contributed by atoms with Crippen LogP contribution in [0.5, 0.6) is 0 Å². The average molecular weight is 354 g/mol. The first-order chi connectivity index (χ1) is 10.8. The van der Waals surface area contributed by atoms with Crippen molar-refractivity contribution < 1.29 is 17.9 Å². The summed E-state index contributed by atoms with van der Waals surface area (Å²) in [6.45, 7) is 1.84. The van der Waals surface area contributed by atoms with Crippen molar-refractivity contribution in [2.75, 3.05) is 11.8 Å². The maximum Gasteiger partial charge on any atom is 0.337 e. The maximum atomic E-state index is 12.2. The van der Waals surface area contributed by atoms with Gasteiger partial charge in [-0.1, -0.05) is 29.8 Å². The molecule has 122 valence electrons. The van der Waals surface area contributed by atoms with Gasteiger partial charge in [0.25, 0.3) is 0 Å². The zero-order valence-corrected chi connectivity index (χ0v) is 14.2. The van der Waals surface area contributed by atoms with Crippen LogP contribution in [0.4, 0.5) is 5.69 Å². The zero-order valence-electron chi connectivity index (χ0n) is 12.7. The lowest BCUT2D eigenvalue weighted by molar-refractivity contribution is 0.0600. The quantitative estimate of drug-likeness (QED) is 0.836. The first kappa shape index (κ1) is 17.3. The topological polar surface area (TPSA) is 72.5 Å². The lowest BCUT2D eigenvalue weighted by atomic mass is 10.1. The molecule has 0 heterocycles. The smallest absolute Gasteiger partial charge is 0.337 e. The van der Waals surface area contributed by atoms with Gasteiger partial charge in [0.2, 0.25) is 10.0 Å². The second kappa shape index (κ2) is 7.02. The van der Waals surface area contributed by atoms with Crippen LogP contribution in [0.15, 0.2) is 42.5 Å². The van der Waals surface area contributed by atoms with Gasteiger partial charge in [-0.05, 0) is 42.3 Å². The Kier molecular flexibility index (Phi) is 5.28. The monoisotopic (exact) mass is 353 g/mol. The van der Waals surface area contributed by atoms with Gasteiger partial charge in [-0.25, -0.2) is 13.2 Å². The molecule has 0 saturated heterocycles. The fourth-order valence-electron chi connectivity index (χ4n) is 1.95. The maximum absolute atomic E-state index is 12.2. The Balaban J connectivity index is 2.11. The van der Waals surface area contributed by atoms with Gasteiger partial charge in [-0.3, -0.25) is 4.72 Å². The molecule has 5 nitrogen and oxygen atoms in total. The van der Waals surface area contributed by atoms with Gasteiger partial charge in [0.05, 0.1) is 18.4 Å². The Bertz CT molecular complexity index is 816. The van der Waals surface area contributed by atoms with Crippen molar-refractivity contribution in [1.82, 2.24) is 0 Å². The molecule has 0 aliphatic carbocycles. The number of aryl methyl sites for hydroxylation is 1. The van der Waals surface area contributed by atoms with Crippen LogP contribution in [0.3, 0.4) is 0 Å². The van der Waals surface area contributed by atoms with Gasteiger partial charge in [0.15, 0.2) is 0 Å². The Morgan fingerprint density at radius 1 is 1.17 bits per heavy atom. The number of hydrogen-bond donors (Lipinski definition) is 1. The van der Waals surface area contributed by atoms with E-state index >= 15 is 0 Å². The molecule has 0 amide bonds. The molecule has 2 aromatic carbocycles. The minimum atomic E-state index is -3.58. The van der Waals surface area contributed by atoms with Crippen molar-refractivity contribution in [1.29, 1.82) is 0 Å². The lowest BCUT2D eigenvalue weighted by Gasteiger charge is -2.09. The number of esters is 1. The number of nitrogens with one attached hydrogen (secondary N) is 1. The highest BCUT2D eigenvalue weighted by Gasteiger charge is 2.13. The van der Waals surface area contributed by atoms with Crippen molar-refractivity contribution in [2.45, 2.75) is 12.7 Å². The third kappa shape index (κ3) is 4.71. The van der Waals surface area contributed by atoms with Gasteiger partial charge in [-0.15, -0.1) is 0 Å². The van der Waals surface area contributed by atoms with Crippen molar-refractivity contribution >= 4 is 33.3 Å². The van der Waals surface area contributed by atoms with Gasteiger partial charge in [0, 0.05) is 10.7 Å². The molecule has 1 N–H and O–H groups in total. The molecule has 0 spiro atoms. The van der Waals surface area contributed by atoms with Crippen molar-refractivity contribution in [3.8, 4) is 0 Å². The predicted molar refractivity (Wildman–Crippen MR) is 90.2 cm³/mol. The first-order valence-corrected chi connectivity index (χ1v) is 8.77. The highest BCUT2D eigenvalue weighted by molar-refractivity contribution is 7.91. The molecule has 2 aromatic rings. The van der Waals surface area contributed by atoms with Crippen LogP contribution >= 0.6 is 11.6 Å². The van der Waals surface area contributed by atoms with Gasteiger partial charge in [-0.2, -0.15) is 0 Å². The predicted octanol–water partition coefficient (Wildman–Crippen LogP) is 3.38. The van der Waals surface area contributed by atoms with Crippen molar-refractivity contribution in [3.05, 3.63) is 64.2 Å². The molecule has 0 fully saturated rings. The molecule has 7 heteroatoms. The van der Waals surface area contributed by atoms with Crippen molar-refractivity contribution in [2.24, 2.45) is 0 Å². The summed E-state index contributed by atoms with van der Waals surface area (Å²) in [6.07, 6.45) is 0. The fraction of sp³-hybridized carbons (Fsp3) is 0.188. The number of ether oxygens (including phenoxy) is 1. The number of anilines is 1. The normalized spacial score (nSPS) is 11.1. The summed E-state index contributed by atoms with van der Waals surface area (Å²) in [5, 5.41) is 0.493. The molecule has 0 unspecified atom stereocenters. The second-order valence-corrected chi connectivity index (χ2v) is 7.14. The molecule has 0 aliphatic rings. The Morgan fingerprint density at radius 3 is 2.39 bits per heavy atom. The number of carbonyl (C=O) groups is 1. The minimum Gasteiger partial charge on any atom is -0.465 e. The van der Waals surface area contributed by atoms with Crippen LogP contribution in [0, 0.1) is 6.92 Å². The SMILES string of the molecule is COC(=O)c1ccc(CS(=O)(=O)Nc2ccc(C)c(Cl)c2)cc1. The van der Waals surface area contributed by atoms with Gasteiger partial charge < -0.3 is 4.74 Å². The van der Waals surface area contributed by atoms with Crippen molar-refractivity contribution in [3.63, 3.8) is 0 Å². The van der Waals surface area contributed by atoms with Crippen LogP contribution < -0.4 is 4.72 Å². The third-order valence-corrected chi connectivity index (χ3v) is 4.84. The second-order valence-electron chi connectivity index (χ2n) is 5.01. The summed E-state index contributed by atoms with van der Waals surface area (Å²) in [5.74, 6) is -0.674. The van der Waals surface area contributed by atoms with Crippen LogP contribution in [0.2, 0.25) is 5.02 Å². The number of halogens is 1. The molecular weight excluding hydrogens is 338 g/mol. The van der Waals surface area contributed by atoms with E-state index in [2.05, 4.69) is 9.46 Å². The minimum absolute atomic E-state index is 0.208. The number of rotatable bonds is 5. The van der Waals surface area contributed by atoms with Gasteiger partial charge >= 0.3 is 5.97 Å². The van der Waals surface area contributed by atoms with E-state index in [-0.39, 0.29) is 5.75 Å². The van der Waals surface area contributed by atoms with E-state index in [1.807, 2.05) is 6.92 Å². The number of sulfonamides is 1. The van der Waals surface area contributed by atoms with Crippen LogP contribution in [-0.4, -0.2) is 21.5 Å². The Labute approximate surface area is 140 Å². The van der Waals surface area contributed by atoms with Crippen LogP contribution in [0.25, 0.3) is 0 Å². The first-order valence-electron chi connectivity index (χ1n) is 6.74. The molecule has 0 aliphatic heterocycles. The number of carbonyl (C=O) groups excluding carboxylic acids is 1. The Hall–Kier alpha value is -2.05. The number of hydrogen-bond acceptors (Lipinski definition) is 4. The summed E-state index contributed by atoms with van der Waals surface area (Å²) >= 11 is 5.99. The summed E-state index contributed by atoms with van der Waals surface area (Å²) in [4.78, 5) is 11.3. The zero-order chi connectivity index (χ0) is 17.0. The molecular formula is C16H16ClNO4S. The summed E-state index contributed by atoms with van der Waals surface area (Å²) < 4.78 is 31.5. The van der Waals surface area contributed by atoms with Crippen LogP contribution in [-0.2, 0) is 20.5 Å². The molecule has 0 radical (unpaired) electrons. The van der Waals surface area contributed by atoms with E-state index in [0.717, 1.165) is 5.56 Å². The molecule has 0 aromatic heterocycles. The number of methoxy groups -OCH3 is 1. The summed E-state index contributed by atoms with van der Waals surface area (Å²) in [5.41, 5.74) is 2.20. The molecule has 0 bridgehead atoms. The average Bonchev–Trinajstić information content (AvgIpc) is 2.50. The van der Waals surface area contributed by atoms with Gasteiger partial charge in [0.1, 0.15) is 0 Å². The highest BCUT2D eigenvalue weighted by Crippen LogP contribution is 2.21. The van der Waals surface area contributed by atoms with E-state index in [9.17, 15) is 13.2 Å². The lowest BCUT2D eigenvalue weighted by Crippen LogP contribution is -2.15. The van der Waals surface area contributed by atoms with E-state index in [0.29, 0.717) is 21.8 Å². The van der Waals surface area contributed by atoms with E-state index in [1.54, 1.807) is 30.3 Å². The van der Waals surface area contributed by atoms with E-state index in [4.69, 9.17) is 11.6 Å². The molecule has 0 atom stereocenters. The molecule has 23 heavy (non-hydrogen) atoms. The molecule has 0 saturated carbocycles. The van der Waals surface area contributed by atoms with E-state index in [1.165, 1.54) is 19.2 Å². The summed E-state index contributed by atoms with van der Waals surface area (Å²) in [6, 6.07) is 11.2. The summed E-state index contributed by atoms with van der Waals surface area (Å²) in [7, 11) is -2.29. The standard InChI is InChI=1S/C16H16ClNO4S/c1-11-3-8-14(9-15(11)17)18-23(20,21)10-12-4-6-13(7-5-12)16(19)22-2/h3-9,18H,10H2,1-2H3. The third-order valence-electron chi connectivity index (χ3n) is 3.18. The highest BCUT2D eigenvalue weighted by atomic mass is 35.5. The number of benzene rings is 2. The Morgan fingerprint density at radius 2 is 1.83 bits per heavy atom. The van der Waals surface area contributed by atoms with Crippen LogP contribution in [0.1, 0.15) is 21.5 Å². The van der Waals surface area contributed by atoms with E-state index < -0.39 is 16.0 Å². The molecule has 2 rings (SSSR count). The fourth-order valence-corrected chi connectivity index (χ4v) is 3.32. The largest absolute Gasteiger partial charge is 0.465 e.